The van der Waals surface area contributed by atoms with Crippen molar-refractivity contribution in [2.24, 2.45) is 5.41 Å². The highest BCUT2D eigenvalue weighted by atomic mass is 16.5. The summed E-state index contributed by atoms with van der Waals surface area (Å²) in [5, 5.41) is 3.16. The lowest BCUT2D eigenvalue weighted by molar-refractivity contribution is -0.147. The van der Waals surface area contributed by atoms with Crippen molar-refractivity contribution in [3.63, 3.8) is 0 Å². The van der Waals surface area contributed by atoms with E-state index in [1.165, 1.54) is 0 Å². The molecule has 0 saturated carbocycles. The van der Waals surface area contributed by atoms with Crippen LogP contribution in [0.1, 0.15) is 27.2 Å². The van der Waals surface area contributed by atoms with Gasteiger partial charge in [-0.3, -0.25) is 4.79 Å². The van der Waals surface area contributed by atoms with Crippen LogP contribution in [-0.2, 0) is 9.53 Å². The first-order chi connectivity index (χ1) is 5.58. The van der Waals surface area contributed by atoms with E-state index in [4.69, 9.17) is 4.74 Å². The fourth-order valence-electron chi connectivity index (χ4n) is 1.59. The van der Waals surface area contributed by atoms with Gasteiger partial charge in [0.2, 0.25) is 0 Å². The minimum Gasteiger partial charge on any atom is -0.465 e. The predicted octanol–water partition coefficient (Wildman–Crippen LogP) is 0.938. The molecular weight excluding hydrogens is 154 g/mol. The molecule has 0 bridgehead atoms. The second-order valence-corrected chi connectivity index (χ2v) is 3.88. The number of carbonyl (C=O) groups excluding carboxylic acids is 1. The van der Waals surface area contributed by atoms with E-state index in [2.05, 4.69) is 19.2 Å². The maximum Gasteiger partial charge on any atom is 0.323 e. The van der Waals surface area contributed by atoms with Crippen molar-refractivity contribution in [3.05, 3.63) is 0 Å². The fraction of sp³-hybridized carbons (Fsp3) is 0.889. The monoisotopic (exact) mass is 171 g/mol. The van der Waals surface area contributed by atoms with Crippen molar-refractivity contribution in [3.8, 4) is 0 Å². The molecule has 0 spiro atoms. The van der Waals surface area contributed by atoms with E-state index < -0.39 is 0 Å². The molecule has 0 unspecified atom stereocenters. The predicted molar refractivity (Wildman–Crippen MR) is 46.8 cm³/mol. The van der Waals surface area contributed by atoms with Crippen LogP contribution in [0.3, 0.4) is 0 Å². The Bertz CT molecular complexity index is 177. The highest BCUT2D eigenvalue weighted by Crippen LogP contribution is 2.30. The normalized spacial score (nSPS) is 27.1. The molecule has 1 aliphatic heterocycles. The van der Waals surface area contributed by atoms with Gasteiger partial charge in [-0.05, 0) is 25.3 Å². The van der Waals surface area contributed by atoms with Crippen molar-refractivity contribution in [1.29, 1.82) is 0 Å². The second kappa shape index (κ2) is 3.44. The first-order valence-electron chi connectivity index (χ1n) is 4.48. The van der Waals surface area contributed by atoms with Crippen molar-refractivity contribution < 1.29 is 9.53 Å². The van der Waals surface area contributed by atoms with Crippen molar-refractivity contribution >= 4 is 5.97 Å². The summed E-state index contributed by atoms with van der Waals surface area (Å²) in [5.74, 6) is -0.111. The number of carbonyl (C=O) groups is 1. The Balaban J connectivity index is 2.56. The molecule has 1 N–H and O–H groups in total. The van der Waals surface area contributed by atoms with Crippen LogP contribution in [0, 0.1) is 5.41 Å². The molecule has 70 valence electrons. The number of hydrogen-bond donors (Lipinski definition) is 1. The van der Waals surface area contributed by atoms with E-state index >= 15 is 0 Å². The molecule has 0 amide bonds. The van der Waals surface area contributed by atoms with Crippen LogP contribution in [0.5, 0.6) is 0 Å². The molecule has 1 aliphatic rings. The van der Waals surface area contributed by atoms with Gasteiger partial charge in [0.1, 0.15) is 6.04 Å². The zero-order chi connectivity index (χ0) is 9.19. The van der Waals surface area contributed by atoms with Crippen molar-refractivity contribution in [1.82, 2.24) is 5.32 Å². The first-order valence-corrected chi connectivity index (χ1v) is 4.48. The van der Waals surface area contributed by atoms with Crippen LogP contribution >= 0.6 is 0 Å². The number of hydrogen-bond acceptors (Lipinski definition) is 3. The summed E-state index contributed by atoms with van der Waals surface area (Å²) in [6.45, 7) is 7.40. The Morgan fingerprint density at radius 2 is 2.33 bits per heavy atom. The average Bonchev–Trinajstić information content (AvgIpc) is 2.30. The van der Waals surface area contributed by atoms with Crippen molar-refractivity contribution in [2.75, 3.05) is 13.2 Å². The highest BCUT2D eigenvalue weighted by molar-refractivity contribution is 5.77. The van der Waals surface area contributed by atoms with Gasteiger partial charge in [0, 0.05) is 0 Å². The lowest BCUT2D eigenvalue weighted by Crippen LogP contribution is -2.41. The third-order valence-corrected chi connectivity index (χ3v) is 2.42. The molecule has 1 fully saturated rings. The minimum absolute atomic E-state index is 0.0479. The molecule has 0 aromatic carbocycles. The number of ether oxygens (including phenoxy) is 1. The Morgan fingerprint density at radius 3 is 2.75 bits per heavy atom. The van der Waals surface area contributed by atoms with E-state index in [0.717, 1.165) is 13.0 Å². The molecule has 1 heterocycles. The summed E-state index contributed by atoms with van der Waals surface area (Å²) in [5.41, 5.74) is 0.0479. The summed E-state index contributed by atoms with van der Waals surface area (Å²) in [4.78, 5) is 11.4. The van der Waals surface area contributed by atoms with Gasteiger partial charge in [0.15, 0.2) is 0 Å². The van der Waals surface area contributed by atoms with E-state index in [1.807, 2.05) is 6.92 Å². The summed E-state index contributed by atoms with van der Waals surface area (Å²) in [6, 6.07) is -0.113. The van der Waals surface area contributed by atoms with E-state index in [-0.39, 0.29) is 17.4 Å². The summed E-state index contributed by atoms with van der Waals surface area (Å²) in [6.07, 6.45) is 1.04. The largest absolute Gasteiger partial charge is 0.465 e. The van der Waals surface area contributed by atoms with Crippen LogP contribution < -0.4 is 5.32 Å². The smallest absolute Gasteiger partial charge is 0.323 e. The number of rotatable bonds is 2. The lowest BCUT2D eigenvalue weighted by Gasteiger charge is -2.24. The van der Waals surface area contributed by atoms with Crippen LogP contribution in [0.2, 0.25) is 0 Å². The lowest BCUT2D eigenvalue weighted by atomic mass is 9.85. The second-order valence-electron chi connectivity index (χ2n) is 3.88. The molecule has 0 radical (unpaired) electrons. The quantitative estimate of drug-likeness (QED) is 0.628. The zero-order valence-electron chi connectivity index (χ0n) is 8.02. The third-order valence-electron chi connectivity index (χ3n) is 2.42. The van der Waals surface area contributed by atoms with E-state index in [0.29, 0.717) is 6.61 Å². The number of nitrogens with one attached hydrogen (secondary N) is 1. The summed E-state index contributed by atoms with van der Waals surface area (Å²) in [7, 11) is 0. The maximum atomic E-state index is 11.4. The topological polar surface area (TPSA) is 38.3 Å². The van der Waals surface area contributed by atoms with Crippen LogP contribution in [-0.4, -0.2) is 25.2 Å². The Kier molecular flexibility index (Phi) is 2.73. The SMILES string of the molecule is CCOC(=O)[C@H]1NCCC1(C)C. The van der Waals surface area contributed by atoms with Crippen LogP contribution in [0.4, 0.5) is 0 Å². The molecule has 0 aromatic rings. The van der Waals surface area contributed by atoms with Gasteiger partial charge in [-0.25, -0.2) is 0 Å². The molecule has 0 aliphatic carbocycles. The Morgan fingerprint density at radius 1 is 1.67 bits per heavy atom. The van der Waals surface area contributed by atoms with Gasteiger partial charge in [0.25, 0.3) is 0 Å². The molecule has 0 aromatic heterocycles. The minimum atomic E-state index is -0.113. The standard InChI is InChI=1S/C9H17NO2/c1-4-12-8(11)7-9(2,3)5-6-10-7/h7,10H,4-6H2,1-3H3/t7-/m1/s1. The van der Waals surface area contributed by atoms with Gasteiger partial charge in [-0.1, -0.05) is 13.8 Å². The average molecular weight is 171 g/mol. The molecule has 1 saturated heterocycles. The molecule has 3 heteroatoms. The maximum absolute atomic E-state index is 11.4. The van der Waals surface area contributed by atoms with Gasteiger partial charge in [-0.15, -0.1) is 0 Å². The molecular formula is C9H17NO2. The van der Waals surface area contributed by atoms with E-state index in [1.54, 1.807) is 0 Å². The Hall–Kier alpha value is -0.570. The summed E-state index contributed by atoms with van der Waals surface area (Å²) >= 11 is 0. The van der Waals surface area contributed by atoms with Gasteiger partial charge >= 0.3 is 5.97 Å². The van der Waals surface area contributed by atoms with Crippen molar-refractivity contribution in [2.45, 2.75) is 33.2 Å². The fourth-order valence-corrected chi connectivity index (χ4v) is 1.59. The van der Waals surface area contributed by atoms with Gasteiger partial charge in [-0.2, -0.15) is 0 Å². The van der Waals surface area contributed by atoms with Gasteiger partial charge < -0.3 is 10.1 Å². The third kappa shape index (κ3) is 1.78. The van der Waals surface area contributed by atoms with Gasteiger partial charge in [0.05, 0.1) is 6.61 Å². The Labute approximate surface area is 73.5 Å². The highest BCUT2D eigenvalue weighted by Gasteiger charge is 2.39. The van der Waals surface area contributed by atoms with E-state index in [9.17, 15) is 4.79 Å². The van der Waals surface area contributed by atoms with Crippen LogP contribution in [0.15, 0.2) is 0 Å². The zero-order valence-corrected chi connectivity index (χ0v) is 8.02. The molecule has 12 heavy (non-hydrogen) atoms. The first kappa shape index (κ1) is 9.52. The summed E-state index contributed by atoms with van der Waals surface area (Å²) < 4.78 is 4.96. The molecule has 1 atom stereocenters. The number of esters is 1. The van der Waals surface area contributed by atoms with Crippen LogP contribution in [0.25, 0.3) is 0 Å². The molecule has 1 rings (SSSR count). The molecule has 3 nitrogen and oxygen atoms in total.